The van der Waals surface area contributed by atoms with E-state index in [9.17, 15) is 8.42 Å². The highest BCUT2D eigenvalue weighted by molar-refractivity contribution is 7.89. The fourth-order valence-corrected chi connectivity index (χ4v) is 3.76. The van der Waals surface area contributed by atoms with E-state index in [-0.39, 0.29) is 16.5 Å². The molecule has 0 saturated heterocycles. The molecule has 0 unspecified atom stereocenters. The monoisotopic (exact) mass is 264 g/mol. The Hall–Kier alpha value is -1.38. The molecular weight excluding hydrogens is 248 g/mol. The number of hydrogen-bond donors (Lipinski definition) is 1. The van der Waals surface area contributed by atoms with Crippen molar-refractivity contribution in [1.29, 1.82) is 5.26 Å². The Bertz CT molecular complexity index is 555. The topological polar surface area (TPSA) is 70.0 Å². The van der Waals surface area contributed by atoms with Crippen LogP contribution in [0.3, 0.4) is 0 Å². The number of rotatable bonds is 3. The Morgan fingerprint density at radius 2 is 1.83 bits per heavy atom. The zero-order chi connectivity index (χ0) is 13.0. The molecule has 0 aromatic heterocycles. The van der Waals surface area contributed by atoms with Crippen molar-refractivity contribution >= 4 is 10.0 Å². The van der Waals surface area contributed by atoms with Crippen LogP contribution < -0.4 is 4.72 Å². The molecule has 0 amide bonds. The SMILES string of the molecule is N#Cc1ccccc1S(=O)(=O)NC1CCCCC1. The average molecular weight is 264 g/mol. The van der Waals surface area contributed by atoms with Crippen molar-refractivity contribution in [3.63, 3.8) is 0 Å². The number of sulfonamides is 1. The van der Waals surface area contributed by atoms with Gasteiger partial charge < -0.3 is 0 Å². The van der Waals surface area contributed by atoms with Crippen molar-refractivity contribution in [1.82, 2.24) is 4.72 Å². The van der Waals surface area contributed by atoms with Gasteiger partial charge in [0, 0.05) is 6.04 Å². The van der Waals surface area contributed by atoms with E-state index in [2.05, 4.69) is 4.72 Å². The second kappa shape index (κ2) is 5.51. The van der Waals surface area contributed by atoms with Gasteiger partial charge in [0.2, 0.25) is 10.0 Å². The molecule has 0 heterocycles. The van der Waals surface area contributed by atoms with Crippen molar-refractivity contribution in [2.45, 2.75) is 43.0 Å². The molecule has 1 saturated carbocycles. The highest BCUT2D eigenvalue weighted by atomic mass is 32.2. The summed E-state index contributed by atoms with van der Waals surface area (Å²) in [6.07, 6.45) is 5.06. The molecule has 4 nitrogen and oxygen atoms in total. The van der Waals surface area contributed by atoms with Gasteiger partial charge in [-0.1, -0.05) is 31.4 Å². The summed E-state index contributed by atoms with van der Waals surface area (Å²) in [6.45, 7) is 0. The van der Waals surface area contributed by atoms with Gasteiger partial charge in [-0.25, -0.2) is 13.1 Å². The summed E-state index contributed by atoms with van der Waals surface area (Å²) in [5, 5.41) is 8.95. The molecule has 1 aliphatic carbocycles. The van der Waals surface area contributed by atoms with Crippen molar-refractivity contribution in [3.8, 4) is 6.07 Å². The second-order valence-electron chi connectivity index (χ2n) is 4.56. The predicted octanol–water partition coefficient (Wildman–Crippen LogP) is 2.17. The first-order valence-electron chi connectivity index (χ1n) is 6.15. The van der Waals surface area contributed by atoms with Crippen molar-refractivity contribution in [2.75, 3.05) is 0 Å². The molecule has 0 atom stereocenters. The molecule has 0 aliphatic heterocycles. The van der Waals surface area contributed by atoms with Crippen LogP contribution in [0.4, 0.5) is 0 Å². The van der Waals surface area contributed by atoms with Crippen LogP contribution >= 0.6 is 0 Å². The fourth-order valence-electron chi connectivity index (χ4n) is 2.30. The highest BCUT2D eigenvalue weighted by Crippen LogP contribution is 2.21. The lowest BCUT2D eigenvalue weighted by Gasteiger charge is -2.22. The van der Waals surface area contributed by atoms with Gasteiger partial charge in [0.05, 0.1) is 10.5 Å². The molecule has 96 valence electrons. The summed E-state index contributed by atoms with van der Waals surface area (Å²) in [6, 6.07) is 8.23. The molecule has 1 aromatic carbocycles. The van der Waals surface area contributed by atoms with Crippen LogP contribution in [-0.2, 0) is 10.0 Å². The normalized spacial score (nSPS) is 17.3. The summed E-state index contributed by atoms with van der Waals surface area (Å²) in [7, 11) is -3.58. The Morgan fingerprint density at radius 3 is 2.50 bits per heavy atom. The van der Waals surface area contributed by atoms with Crippen LogP contribution in [0.15, 0.2) is 29.2 Å². The molecule has 0 spiro atoms. The van der Waals surface area contributed by atoms with E-state index in [0.717, 1.165) is 25.7 Å². The summed E-state index contributed by atoms with van der Waals surface area (Å²) in [5.74, 6) is 0. The largest absolute Gasteiger partial charge is 0.242 e. The van der Waals surface area contributed by atoms with E-state index < -0.39 is 10.0 Å². The number of nitrogens with zero attached hydrogens (tertiary/aromatic N) is 1. The summed E-state index contributed by atoms with van der Waals surface area (Å²) in [4.78, 5) is 0.0815. The van der Waals surface area contributed by atoms with E-state index in [1.807, 2.05) is 6.07 Å². The molecule has 5 heteroatoms. The van der Waals surface area contributed by atoms with Crippen LogP contribution in [-0.4, -0.2) is 14.5 Å². The first-order valence-corrected chi connectivity index (χ1v) is 7.63. The first kappa shape index (κ1) is 13.1. The van der Waals surface area contributed by atoms with Crippen molar-refractivity contribution < 1.29 is 8.42 Å². The number of nitriles is 1. The average Bonchev–Trinajstić information content (AvgIpc) is 2.39. The van der Waals surface area contributed by atoms with E-state index in [1.54, 1.807) is 12.1 Å². The smallest absolute Gasteiger partial charge is 0.208 e. The van der Waals surface area contributed by atoms with E-state index in [1.165, 1.54) is 18.6 Å². The summed E-state index contributed by atoms with van der Waals surface area (Å²) >= 11 is 0. The van der Waals surface area contributed by atoms with Gasteiger partial charge in [-0.05, 0) is 25.0 Å². The van der Waals surface area contributed by atoms with Crippen LogP contribution in [0.5, 0.6) is 0 Å². The molecule has 1 N–H and O–H groups in total. The minimum absolute atomic E-state index is 0.00972. The lowest BCUT2D eigenvalue weighted by Crippen LogP contribution is -2.36. The lowest BCUT2D eigenvalue weighted by molar-refractivity contribution is 0.412. The quantitative estimate of drug-likeness (QED) is 0.909. The Labute approximate surface area is 108 Å². The van der Waals surface area contributed by atoms with Gasteiger partial charge in [0.25, 0.3) is 0 Å². The van der Waals surface area contributed by atoms with Gasteiger partial charge in [0.15, 0.2) is 0 Å². The maximum atomic E-state index is 12.2. The lowest BCUT2D eigenvalue weighted by atomic mass is 9.96. The third kappa shape index (κ3) is 2.89. The number of benzene rings is 1. The number of nitrogens with one attached hydrogen (secondary N) is 1. The molecule has 1 aliphatic rings. The van der Waals surface area contributed by atoms with Gasteiger partial charge in [-0.15, -0.1) is 0 Å². The molecule has 1 fully saturated rings. The Kier molecular flexibility index (Phi) is 4.00. The standard InChI is InChI=1S/C13H16N2O2S/c14-10-11-6-4-5-9-13(11)18(16,17)15-12-7-2-1-3-8-12/h4-6,9,12,15H,1-3,7-8H2. The summed E-state index contributed by atoms with van der Waals surface area (Å²) < 4.78 is 27.1. The zero-order valence-corrected chi connectivity index (χ0v) is 10.9. The van der Waals surface area contributed by atoms with Crippen LogP contribution in [0, 0.1) is 11.3 Å². The minimum atomic E-state index is -3.58. The molecule has 2 rings (SSSR count). The fraction of sp³-hybridized carbons (Fsp3) is 0.462. The Morgan fingerprint density at radius 1 is 1.17 bits per heavy atom. The van der Waals surface area contributed by atoms with Gasteiger partial charge in [-0.3, -0.25) is 0 Å². The molecule has 18 heavy (non-hydrogen) atoms. The predicted molar refractivity (Wildman–Crippen MR) is 68.4 cm³/mol. The van der Waals surface area contributed by atoms with E-state index in [0.29, 0.717) is 0 Å². The van der Waals surface area contributed by atoms with Gasteiger partial charge in [0.1, 0.15) is 6.07 Å². The van der Waals surface area contributed by atoms with Crippen molar-refractivity contribution in [3.05, 3.63) is 29.8 Å². The van der Waals surface area contributed by atoms with E-state index in [4.69, 9.17) is 5.26 Å². The highest BCUT2D eigenvalue weighted by Gasteiger charge is 2.23. The van der Waals surface area contributed by atoms with Crippen LogP contribution in [0.2, 0.25) is 0 Å². The van der Waals surface area contributed by atoms with Crippen molar-refractivity contribution in [2.24, 2.45) is 0 Å². The maximum Gasteiger partial charge on any atom is 0.242 e. The maximum absolute atomic E-state index is 12.2. The molecule has 0 bridgehead atoms. The second-order valence-corrected chi connectivity index (χ2v) is 6.25. The first-order chi connectivity index (χ1) is 8.63. The third-order valence-electron chi connectivity index (χ3n) is 3.22. The summed E-state index contributed by atoms with van der Waals surface area (Å²) in [5.41, 5.74) is 0.195. The minimum Gasteiger partial charge on any atom is -0.208 e. The van der Waals surface area contributed by atoms with Crippen LogP contribution in [0.25, 0.3) is 0 Å². The van der Waals surface area contributed by atoms with Crippen LogP contribution in [0.1, 0.15) is 37.7 Å². The van der Waals surface area contributed by atoms with E-state index >= 15 is 0 Å². The zero-order valence-electron chi connectivity index (χ0n) is 10.1. The molecular formula is C13H16N2O2S. The molecule has 0 radical (unpaired) electrons. The van der Waals surface area contributed by atoms with Gasteiger partial charge >= 0.3 is 0 Å². The van der Waals surface area contributed by atoms with Gasteiger partial charge in [-0.2, -0.15) is 5.26 Å². The Balaban J connectivity index is 2.22. The third-order valence-corrected chi connectivity index (χ3v) is 4.80. The molecule has 1 aromatic rings. The number of hydrogen-bond acceptors (Lipinski definition) is 3.